The van der Waals surface area contributed by atoms with Gasteiger partial charge in [-0.05, 0) is 17.7 Å². The van der Waals surface area contributed by atoms with E-state index in [1.807, 2.05) is 23.1 Å². The van der Waals surface area contributed by atoms with Gasteiger partial charge in [-0.1, -0.05) is 42.5 Å². The van der Waals surface area contributed by atoms with E-state index in [9.17, 15) is 13.6 Å². The molecule has 0 aliphatic carbocycles. The monoisotopic (exact) mass is 385 g/mol. The molecular weight excluding hydrogens is 360 g/mol. The summed E-state index contributed by atoms with van der Waals surface area (Å²) in [6.07, 6.45) is 4.54. The molecule has 148 valence electrons. The molecule has 0 spiro atoms. The van der Waals surface area contributed by atoms with Crippen molar-refractivity contribution in [1.82, 2.24) is 9.80 Å². The van der Waals surface area contributed by atoms with Crippen molar-refractivity contribution in [3.63, 3.8) is 0 Å². The molecule has 1 aliphatic rings. The van der Waals surface area contributed by atoms with E-state index in [-0.39, 0.29) is 18.0 Å². The first-order valence-electron chi connectivity index (χ1n) is 9.52. The second kappa shape index (κ2) is 9.99. The Kier molecular flexibility index (Phi) is 7.14. The maximum Gasteiger partial charge on any atom is 0.224 e. The van der Waals surface area contributed by atoms with Crippen LogP contribution >= 0.6 is 0 Å². The Morgan fingerprint density at radius 3 is 2.50 bits per heavy atom. The number of benzene rings is 2. The molecule has 1 fully saturated rings. The first-order valence-corrected chi connectivity index (χ1v) is 9.52. The minimum Gasteiger partial charge on any atom is -0.382 e. The second-order valence-electron chi connectivity index (χ2n) is 6.80. The smallest absolute Gasteiger partial charge is 0.224 e. The van der Waals surface area contributed by atoms with Crippen LogP contribution in [0.3, 0.4) is 0 Å². The fourth-order valence-electron chi connectivity index (χ4n) is 3.18. The molecule has 1 aliphatic heterocycles. The van der Waals surface area contributed by atoms with Crippen LogP contribution in [0.2, 0.25) is 0 Å². The van der Waals surface area contributed by atoms with Crippen molar-refractivity contribution in [2.45, 2.75) is 6.42 Å². The Morgan fingerprint density at radius 2 is 1.79 bits per heavy atom. The van der Waals surface area contributed by atoms with Crippen molar-refractivity contribution in [2.75, 3.05) is 44.6 Å². The van der Waals surface area contributed by atoms with E-state index in [0.717, 1.165) is 25.7 Å². The van der Waals surface area contributed by atoms with E-state index < -0.39 is 11.6 Å². The molecule has 1 amide bonds. The van der Waals surface area contributed by atoms with Gasteiger partial charge in [0.05, 0.1) is 5.69 Å². The molecule has 0 saturated carbocycles. The average molecular weight is 385 g/mol. The van der Waals surface area contributed by atoms with Crippen LogP contribution in [-0.2, 0) is 4.79 Å². The molecule has 28 heavy (non-hydrogen) atoms. The summed E-state index contributed by atoms with van der Waals surface area (Å²) in [7, 11) is 0. The van der Waals surface area contributed by atoms with Crippen LogP contribution in [0.1, 0.15) is 12.0 Å². The van der Waals surface area contributed by atoms with Crippen molar-refractivity contribution in [3.8, 4) is 0 Å². The van der Waals surface area contributed by atoms with Crippen LogP contribution in [0.15, 0.2) is 54.6 Å². The van der Waals surface area contributed by atoms with Gasteiger partial charge in [0.15, 0.2) is 0 Å². The normalized spacial score (nSPS) is 15.1. The van der Waals surface area contributed by atoms with Gasteiger partial charge in [0.2, 0.25) is 5.91 Å². The molecule has 0 radical (unpaired) electrons. The molecule has 2 aromatic rings. The maximum absolute atomic E-state index is 13.6. The largest absolute Gasteiger partial charge is 0.382 e. The number of piperazine rings is 1. The van der Waals surface area contributed by atoms with Crippen LogP contribution in [-0.4, -0.2) is 55.0 Å². The van der Waals surface area contributed by atoms with Gasteiger partial charge < -0.3 is 10.2 Å². The third-order valence-corrected chi connectivity index (χ3v) is 4.78. The number of carbonyl (C=O) groups excluding carboxylic acids is 1. The molecule has 2 aromatic carbocycles. The molecule has 4 nitrogen and oxygen atoms in total. The molecular formula is C22H25F2N3O. The predicted octanol–water partition coefficient (Wildman–Crippen LogP) is 3.62. The Morgan fingerprint density at radius 1 is 1.04 bits per heavy atom. The van der Waals surface area contributed by atoms with Crippen LogP contribution in [0.5, 0.6) is 0 Å². The van der Waals surface area contributed by atoms with E-state index >= 15 is 0 Å². The Labute approximate surface area is 164 Å². The number of amides is 1. The van der Waals surface area contributed by atoms with E-state index in [4.69, 9.17) is 0 Å². The molecule has 6 heteroatoms. The summed E-state index contributed by atoms with van der Waals surface area (Å²) in [4.78, 5) is 16.5. The van der Waals surface area contributed by atoms with E-state index in [1.54, 1.807) is 0 Å². The summed E-state index contributed by atoms with van der Waals surface area (Å²) < 4.78 is 26.5. The number of halogens is 2. The number of nitrogens with zero attached hydrogens (tertiary/aromatic N) is 2. The number of anilines is 1. The van der Waals surface area contributed by atoms with Crippen LogP contribution in [0, 0.1) is 11.6 Å². The molecule has 1 N–H and O–H groups in total. The summed E-state index contributed by atoms with van der Waals surface area (Å²) >= 11 is 0. The highest BCUT2D eigenvalue weighted by molar-refractivity contribution is 5.76. The lowest BCUT2D eigenvalue weighted by Gasteiger charge is -2.34. The van der Waals surface area contributed by atoms with Crippen molar-refractivity contribution in [2.24, 2.45) is 0 Å². The van der Waals surface area contributed by atoms with Crippen molar-refractivity contribution >= 4 is 17.7 Å². The van der Waals surface area contributed by atoms with Crippen LogP contribution in [0.4, 0.5) is 14.5 Å². The number of nitrogens with one attached hydrogen (secondary N) is 1. The Hall–Kier alpha value is -2.73. The number of hydrogen-bond donors (Lipinski definition) is 1. The lowest BCUT2D eigenvalue weighted by Crippen LogP contribution is -2.48. The average Bonchev–Trinajstić information content (AvgIpc) is 2.71. The van der Waals surface area contributed by atoms with Crippen LogP contribution < -0.4 is 5.32 Å². The molecule has 0 aromatic heterocycles. The molecule has 3 rings (SSSR count). The molecule has 1 heterocycles. The van der Waals surface area contributed by atoms with Gasteiger partial charge in [-0.25, -0.2) is 8.78 Å². The SMILES string of the molecule is O=C(CCNc1ccc(F)cc1F)N1CCN(C/C=C/c2ccccc2)CC1. The third kappa shape index (κ3) is 5.89. The van der Waals surface area contributed by atoms with Crippen LogP contribution in [0.25, 0.3) is 6.08 Å². The van der Waals surface area contributed by atoms with Gasteiger partial charge in [0.25, 0.3) is 0 Å². The number of rotatable bonds is 7. The summed E-state index contributed by atoms with van der Waals surface area (Å²) in [6.45, 7) is 4.26. The lowest BCUT2D eigenvalue weighted by atomic mass is 10.2. The topological polar surface area (TPSA) is 35.6 Å². The lowest BCUT2D eigenvalue weighted by molar-refractivity contribution is -0.132. The van der Waals surface area contributed by atoms with Gasteiger partial charge in [-0.2, -0.15) is 0 Å². The zero-order chi connectivity index (χ0) is 19.8. The quantitative estimate of drug-likeness (QED) is 0.791. The molecule has 1 saturated heterocycles. The minimum absolute atomic E-state index is 0.0505. The van der Waals surface area contributed by atoms with Crippen molar-refractivity contribution in [3.05, 3.63) is 71.8 Å². The highest BCUT2D eigenvalue weighted by Crippen LogP contribution is 2.15. The van der Waals surface area contributed by atoms with E-state index in [0.29, 0.717) is 19.6 Å². The standard InChI is InChI=1S/C22H25F2N3O/c23-19-8-9-21(20(24)17-19)25-11-10-22(28)27-15-13-26(14-16-27)12-4-7-18-5-2-1-3-6-18/h1-9,17,25H,10-16H2/b7-4+. The Balaban J connectivity index is 1.36. The molecule has 0 atom stereocenters. The number of hydrogen-bond acceptors (Lipinski definition) is 3. The van der Waals surface area contributed by atoms with Gasteiger partial charge in [0, 0.05) is 51.8 Å². The number of carbonyl (C=O) groups is 1. The van der Waals surface area contributed by atoms with Crippen molar-refractivity contribution in [1.29, 1.82) is 0 Å². The fourth-order valence-corrected chi connectivity index (χ4v) is 3.18. The highest BCUT2D eigenvalue weighted by atomic mass is 19.1. The summed E-state index contributed by atoms with van der Waals surface area (Å²) in [5, 5.41) is 2.85. The van der Waals surface area contributed by atoms with Gasteiger partial charge in [-0.15, -0.1) is 0 Å². The first-order chi connectivity index (χ1) is 13.6. The minimum atomic E-state index is -0.648. The van der Waals surface area contributed by atoms with E-state index in [2.05, 4.69) is 34.5 Å². The molecule has 0 unspecified atom stereocenters. The first kappa shape index (κ1) is 20.0. The Bertz CT molecular complexity index is 803. The third-order valence-electron chi connectivity index (χ3n) is 4.78. The summed E-state index contributed by atoms with van der Waals surface area (Å²) in [5.74, 6) is -1.21. The fraction of sp³-hybridized carbons (Fsp3) is 0.318. The van der Waals surface area contributed by atoms with Crippen molar-refractivity contribution < 1.29 is 13.6 Å². The van der Waals surface area contributed by atoms with Gasteiger partial charge >= 0.3 is 0 Å². The van der Waals surface area contributed by atoms with Gasteiger partial charge in [-0.3, -0.25) is 9.69 Å². The predicted molar refractivity (Wildman–Crippen MR) is 108 cm³/mol. The maximum atomic E-state index is 13.6. The molecule has 0 bridgehead atoms. The second-order valence-corrected chi connectivity index (χ2v) is 6.80. The summed E-state index contributed by atoms with van der Waals surface area (Å²) in [6, 6.07) is 13.5. The van der Waals surface area contributed by atoms with Gasteiger partial charge in [0.1, 0.15) is 11.6 Å². The zero-order valence-electron chi connectivity index (χ0n) is 15.8. The highest BCUT2D eigenvalue weighted by Gasteiger charge is 2.20. The zero-order valence-corrected chi connectivity index (χ0v) is 15.8. The van der Waals surface area contributed by atoms with E-state index in [1.165, 1.54) is 17.7 Å². The summed E-state index contributed by atoms with van der Waals surface area (Å²) in [5.41, 5.74) is 1.39.